The number of halogens is 1. The Labute approximate surface area is 78.8 Å². The van der Waals surface area contributed by atoms with Crippen LogP contribution in [0.5, 0.6) is 0 Å². The Hall–Kier alpha value is -0.980. The molecular formula is C12H14F+. The fourth-order valence-corrected chi connectivity index (χ4v) is 2.11. The Morgan fingerprint density at radius 2 is 2.00 bits per heavy atom. The van der Waals surface area contributed by atoms with Gasteiger partial charge < -0.3 is 0 Å². The first kappa shape index (κ1) is 8.61. The highest BCUT2D eigenvalue weighted by atomic mass is 19.1. The summed E-state index contributed by atoms with van der Waals surface area (Å²) in [4.78, 5) is 0. The molecule has 0 saturated heterocycles. The van der Waals surface area contributed by atoms with Crippen molar-refractivity contribution in [1.82, 2.24) is 0 Å². The van der Waals surface area contributed by atoms with E-state index in [1.807, 2.05) is 12.1 Å². The van der Waals surface area contributed by atoms with Crippen molar-refractivity contribution in [3.63, 3.8) is 0 Å². The molecule has 1 atom stereocenters. The summed E-state index contributed by atoms with van der Waals surface area (Å²) < 4.78 is 12.7. The molecule has 2 rings (SSSR count). The quantitative estimate of drug-likeness (QED) is 0.575. The van der Waals surface area contributed by atoms with Gasteiger partial charge >= 0.3 is 0 Å². The monoisotopic (exact) mass is 177 g/mol. The molecule has 13 heavy (non-hydrogen) atoms. The molecule has 1 unspecified atom stereocenters. The van der Waals surface area contributed by atoms with Gasteiger partial charge in [-0.2, -0.15) is 0 Å². The molecule has 0 aromatic heterocycles. The second kappa shape index (κ2) is 3.41. The van der Waals surface area contributed by atoms with E-state index in [0.29, 0.717) is 5.92 Å². The number of hydrogen-bond donors (Lipinski definition) is 0. The van der Waals surface area contributed by atoms with Gasteiger partial charge in [-0.3, -0.25) is 0 Å². The molecule has 0 amide bonds. The molecule has 1 heteroatoms. The maximum atomic E-state index is 12.7. The molecule has 1 saturated carbocycles. The van der Waals surface area contributed by atoms with Crippen molar-refractivity contribution in [3.8, 4) is 0 Å². The minimum Gasteiger partial charge on any atom is -0.204 e. The summed E-state index contributed by atoms with van der Waals surface area (Å²) in [6.45, 7) is 2.26. The molecule has 1 aromatic rings. The van der Waals surface area contributed by atoms with Crippen LogP contribution in [0, 0.1) is 17.7 Å². The molecule has 1 aromatic carbocycles. The maximum absolute atomic E-state index is 12.7. The lowest BCUT2D eigenvalue weighted by Crippen LogP contribution is -2.02. The van der Waals surface area contributed by atoms with E-state index in [0.717, 1.165) is 0 Å². The zero-order chi connectivity index (χ0) is 9.26. The molecule has 0 aliphatic heterocycles. The Kier molecular flexibility index (Phi) is 2.26. The van der Waals surface area contributed by atoms with Crippen molar-refractivity contribution in [3.05, 3.63) is 41.6 Å². The van der Waals surface area contributed by atoms with E-state index in [1.54, 1.807) is 12.1 Å². The van der Waals surface area contributed by atoms with Crippen LogP contribution in [-0.4, -0.2) is 0 Å². The normalized spacial score (nSPS) is 22.3. The van der Waals surface area contributed by atoms with Gasteiger partial charge in [0.25, 0.3) is 0 Å². The smallest absolute Gasteiger partial charge is 0.149 e. The summed E-state index contributed by atoms with van der Waals surface area (Å²) in [6, 6.07) is 6.89. The standard InChI is InChI=1S/C12H14F/c1-9-3-2-4-12(9)10-5-7-11(13)8-6-10/h5-9H,2-4H2,1H3/q+1. The predicted octanol–water partition coefficient (Wildman–Crippen LogP) is 3.57. The van der Waals surface area contributed by atoms with Crippen molar-refractivity contribution in [2.24, 2.45) is 5.92 Å². The van der Waals surface area contributed by atoms with Crippen LogP contribution in [0.2, 0.25) is 0 Å². The highest BCUT2D eigenvalue weighted by Crippen LogP contribution is 2.37. The first-order valence-corrected chi connectivity index (χ1v) is 4.89. The molecule has 0 nitrogen and oxygen atoms in total. The second-order valence-electron chi connectivity index (χ2n) is 3.83. The molecule has 0 N–H and O–H groups in total. The summed E-state index contributed by atoms with van der Waals surface area (Å²) in [5.74, 6) is 2.04. The van der Waals surface area contributed by atoms with E-state index >= 15 is 0 Å². The van der Waals surface area contributed by atoms with Crippen LogP contribution >= 0.6 is 0 Å². The van der Waals surface area contributed by atoms with Gasteiger partial charge in [0.15, 0.2) is 0 Å². The fourth-order valence-electron chi connectivity index (χ4n) is 2.11. The molecule has 0 spiro atoms. The van der Waals surface area contributed by atoms with Crippen molar-refractivity contribution >= 4 is 0 Å². The summed E-state index contributed by atoms with van der Waals surface area (Å²) in [5.41, 5.74) is 1.23. The lowest BCUT2D eigenvalue weighted by molar-refractivity contribution is 0.624. The zero-order valence-corrected chi connectivity index (χ0v) is 7.89. The zero-order valence-electron chi connectivity index (χ0n) is 7.89. The van der Waals surface area contributed by atoms with Crippen molar-refractivity contribution < 1.29 is 4.39 Å². The second-order valence-corrected chi connectivity index (χ2v) is 3.83. The van der Waals surface area contributed by atoms with Crippen LogP contribution in [0.1, 0.15) is 31.7 Å². The Morgan fingerprint density at radius 1 is 1.31 bits per heavy atom. The number of benzene rings is 1. The van der Waals surface area contributed by atoms with Crippen molar-refractivity contribution in [2.45, 2.75) is 26.2 Å². The van der Waals surface area contributed by atoms with Crippen LogP contribution in [-0.2, 0) is 0 Å². The molecule has 0 bridgehead atoms. The van der Waals surface area contributed by atoms with E-state index < -0.39 is 0 Å². The third kappa shape index (κ3) is 1.69. The minimum absolute atomic E-state index is 0.144. The lowest BCUT2D eigenvalue weighted by Gasteiger charge is -2.07. The largest absolute Gasteiger partial charge is 0.204 e. The van der Waals surface area contributed by atoms with Gasteiger partial charge in [0.05, 0.1) is 0 Å². The maximum Gasteiger partial charge on any atom is 0.149 e. The minimum atomic E-state index is -0.144. The van der Waals surface area contributed by atoms with Gasteiger partial charge in [-0.1, -0.05) is 0 Å². The van der Waals surface area contributed by atoms with E-state index in [9.17, 15) is 4.39 Å². The molecular weight excluding hydrogens is 163 g/mol. The Bertz CT molecular complexity index is 276. The summed E-state index contributed by atoms with van der Waals surface area (Å²) in [7, 11) is 0. The van der Waals surface area contributed by atoms with E-state index in [2.05, 4.69) is 6.92 Å². The van der Waals surface area contributed by atoms with Gasteiger partial charge in [0, 0.05) is 42.5 Å². The number of hydrogen-bond acceptors (Lipinski definition) is 0. The van der Waals surface area contributed by atoms with E-state index in [4.69, 9.17) is 0 Å². The average molecular weight is 177 g/mol. The van der Waals surface area contributed by atoms with Crippen LogP contribution < -0.4 is 0 Å². The van der Waals surface area contributed by atoms with Crippen molar-refractivity contribution in [1.29, 1.82) is 0 Å². The van der Waals surface area contributed by atoms with Crippen molar-refractivity contribution in [2.75, 3.05) is 0 Å². The Morgan fingerprint density at radius 3 is 2.54 bits per heavy atom. The van der Waals surface area contributed by atoms with E-state index in [1.165, 1.54) is 30.7 Å². The molecule has 68 valence electrons. The average Bonchev–Trinajstić information content (AvgIpc) is 2.53. The lowest BCUT2D eigenvalue weighted by atomic mass is 9.90. The van der Waals surface area contributed by atoms with Gasteiger partial charge in [-0.25, -0.2) is 4.39 Å². The van der Waals surface area contributed by atoms with Crippen LogP contribution in [0.4, 0.5) is 4.39 Å². The van der Waals surface area contributed by atoms with Crippen LogP contribution in [0.25, 0.3) is 0 Å². The van der Waals surface area contributed by atoms with Crippen LogP contribution in [0.15, 0.2) is 24.3 Å². The molecule has 0 heterocycles. The summed E-state index contributed by atoms with van der Waals surface area (Å²) >= 11 is 0. The molecule has 1 fully saturated rings. The van der Waals surface area contributed by atoms with E-state index in [-0.39, 0.29) is 5.82 Å². The van der Waals surface area contributed by atoms with Crippen LogP contribution in [0.3, 0.4) is 0 Å². The third-order valence-electron chi connectivity index (χ3n) is 2.89. The highest BCUT2D eigenvalue weighted by Gasteiger charge is 2.30. The summed E-state index contributed by atoms with van der Waals surface area (Å²) in [6.07, 6.45) is 3.76. The SMILES string of the molecule is CC1CCC[C+]1c1ccc(F)cc1. The van der Waals surface area contributed by atoms with Gasteiger partial charge in [-0.05, 0) is 19.8 Å². The Balaban J connectivity index is 2.20. The van der Waals surface area contributed by atoms with Gasteiger partial charge in [-0.15, -0.1) is 0 Å². The first-order valence-electron chi connectivity index (χ1n) is 4.89. The first-order chi connectivity index (χ1) is 6.27. The van der Waals surface area contributed by atoms with Gasteiger partial charge in [0.2, 0.25) is 0 Å². The predicted molar refractivity (Wildman–Crippen MR) is 51.8 cm³/mol. The van der Waals surface area contributed by atoms with Gasteiger partial charge in [0.1, 0.15) is 11.4 Å². The molecule has 0 radical (unpaired) electrons. The summed E-state index contributed by atoms with van der Waals surface area (Å²) in [5, 5.41) is 0. The highest BCUT2D eigenvalue weighted by molar-refractivity contribution is 5.33. The molecule has 1 aliphatic carbocycles. The molecule has 1 aliphatic rings. The fraction of sp³-hybridized carbons (Fsp3) is 0.417. The number of rotatable bonds is 1. The third-order valence-corrected chi connectivity index (χ3v) is 2.89. The topological polar surface area (TPSA) is 0 Å².